The van der Waals surface area contributed by atoms with Gasteiger partial charge in [0.15, 0.2) is 17.5 Å². The average Bonchev–Trinajstić information content (AvgIpc) is 3.25. The number of rotatable bonds is 4. The maximum absolute atomic E-state index is 14.9. The van der Waals surface area contributed by atoms with Crippen LogP contribution in [0.4, 0.5) is 13.2 Å². The minimum atomic E-state index is -2.19. The molecule has 0 saturated carbocycles. The topological polar surface area (TPSA) is 72.9 Å². The van der Waals surface area contributed by atoms with Crippen LogP contribution >= 0.6 is 0 Å². The molecule has 2 heterocycles. The van der Waals surface area contributed by atoms with Gasteiger partial charge in [0.2, 0.25) is 0 Å². The molecule has 2 atom stereocenters. The summed E-state index contributed by atoms with van der Waals surface area (Å²) < 4.78 is 46.7. The number of fused-ring (bicyclic) bond motifs is 1. The molecule has 29 heavy (non-hydrogen) atoms. The minimum Gasteiger partial charge on any atom is -0.476 e. The van der Waals surface area contributed by atoms with Crippen LogP contribution in [-0.2, 0) is 19.3 Å². The molecule has 0 aliphatic heterocycles. The Bertz CT molecular complexity index is 1150. The summed E-state index contributed by atoms with van der Waals surface area (Å²) in [7, 11) is 1.75. The number of aromatic nitrogens is 4. The van der Waals surface area contributed by atoms with Crippen molar-refractivity contribution in [3.05, 3.63) is 71.1 Å². The molecule has 0 fully saturated rings. The first kappa shape index (κ1) is 19.0. The smallest absolute Gasteiger partial charge is 0.356 e. The van der Waals surface area contributed by atoms with E-state index in [1.807, 2.05) is 0 Å². The van der Waals surface area contributed by atoms with Crippen molar-refractivity contribution in [3.63, 3.8) is 0 Å². The largest absolute Gasteiger partial charge is 0.476 e. The normalized spacial score (nSPS) is 20.7. The fourth-order valence-corrected chi connectivity index (χ4v) is 3.53. The second-order valence-electron chi connectivity index (χ2n) is 7.12. The highest BCUT2D eigenvalue weighted by molar-refractivity contribution is 5.88. The zero-order valence-electron chi connectivity index (χ0n) is 15.6. The van der Waals surface area contributed by atoms with Crippen LogP contribution in [0.1, 0.15) is 40.4 Å². The third kappa shape index (κ3) is 3.22. The summed E-state index contributed by atoms with van der Waals surface area (Å²) in [4.78, 5) is 11.5. The van der Waals surface area contributed by atoms with Gasteiger partial charge in [-0.3, -0.25) is 9.36 Å². The standard InChI is InChI=1S/C20H17F3N4O2/c1-20(23)6-5-14(21)18-16(20)17(19(28)29)25-27(18)10-12-4-3-11(7-15(12)22)13-8-24-26(2)9-13/h3-9,14H,10H2,1-2H3,(H,28,29). The fourth-order valence-electron chi connectivity index (χ4n) is 3.53. The molecule has 2 unspecified atom stereocenters. The number of alkyl halides is 2. The van der Waals surface area contributed by atoms with E-state index < -0.39 is 29.3 Å². The molecule has 9 heteroatoms. The van der Waals surface area contributed by atoms with Gasteiger partial charge in [0.05, 0.1) is 24.0 Å². The summed E-state index contributed by atoms with van der Waals surface area (Å²) in [5, 5.41) is 17.3. The van der Waals surface area contributed by atoms with Crippen molar-refractivity contribution in [3.8, 4) is 11.1 Å². The quantitative estimate of drug-likeness (QED) is 0.671. The molecule has 150 valence electrons. The molecule has 1 aromatic carbocycles. The number of nitrogens with zero attached hydrogens (tertiary/aromatic N) is 4. The summed E-state index contributed by atoms with van der Waals surface area (Å²) >= 11 is 0. The molecule has 0 saturated heterocycles. The number of halogens is 3. The maximum atomic E-state index is 14.9. The Balaban J connectivity index is 1.75. The van der Waals surface area contributed by atoms with Crippen LogP contribution in [0.5, 0.6) is 0 Å². The van der Waals surface area contributed by atoms with E-state index in [-0.39, 0.29) is 23.4 Å². The van der Waals surface area contributed by atoms with E-state index in [0.717, 1.165) is 29.3 Å². The van der Waals surface area contributed by atoms with Crippen molar-refractivity contribution in [2.45, 2.75) is 25.3 Å². The van der Waals surface area contributed by atoms with Gasteiger partial charge in [-0.05, 0) is 30.7 Å². The summed E-state index contributed by atoms with van der Waals surface area (Å²) in [6.45, 7) is 0.898. The Kier molecular flexibility index (Phi) is 4.33. The maximum Gasteiger partial charge on any atom is 0.356 e. The first-order valence-electron chi connectivity index (χ1n) is 8.81. The molecule has 0 bridgehead atoms. The van der Waals surface area contributed by atoms with Gasteiger partial charge < -0.3 is 5.11 Å². The zero-order chi connectivity index (χ0) is 20.9. The molecule has 1 aliphatic carbocycles. The van der Waals surface area contributed by atoms with E-state index in [1.54, 1.807) is 30.2 Å². The number of benzene rings is 1. The molecule has 1 N–H and O–H groups in total. The summed E-state index contributed by atoms with van der Waals surface area (Å²) in [6, 6.07) is 4.49. The number of carboxylic acids is 1. The van der Waals surface area contributed by atoms with Crippen LogP contribution in [0.3, 0.4) is 0 Å². The predicted molar refractivity (Wildman–Crippen MR) is 98.3 cm³/mol. The highest BCUT2D eigenvalue weighted by Crippen LogP contribution is 2.42. The molecule has 0 spiro atoms. The molecule has 1 aliphatic rings. The predicted octanol–water partition coefficient (Wildman–Crippen LogP) is 3.93. The Morgan fingerprint density at radius 3 is 2.72 bits per heavy atom. The van der Waals surface area contributed by atoms with E-state index in [1.165, 1.54) is 12.1 Å². The van der Waals surface area contributed by atoms with Crippen molar-refractivity contribution in [2.75, 3.05) is 0 Å². The van der Waals surface area contributed by atoms with Gasteiger partial charge in [0, 0.05) is 24.4 Å². The van der Waals surface area contributed by atoms with E-state index in [0.29, 0.717) is 5.56 Å². The summed E-state index contributed by atoms with van der Waals surface area (Å²) in [6.07, 6.45) is 3.57. The van der Waals surface area contributed by atoms with Crippen LogP contribution in [0.25, 0.3) is 11.1 Å². The van der Waals surface area contributed by atoms with Gasteiger partial charge in [-0.2, -0.15) is 10.2 Å². The molecule has 4 rings (SSSR count). The van der Waals surface area contributed by atoms with Crippen LogP contribution in [0.15, 0.2) is 42.7 Å². The van der Waals surface area contributed by atoms with Crippen molar-refractivity contribution in [2.24, 2.45) is 7.05 Å². The highest BCUT2D eigenvalue weighted by Gasteiger charge is 2.41. The lowest BCUT2D eigenvalue weighted by molar-refractivity contribution is 0.0683. The number of hydrogen-bond donors (Lipinski definition) is 1. The van der Waals surface area contributed by atoms with Gasteiger partial charge in [-0.15, -0.1) is 0 Å². The number of aromatic carboxylic acids is 1. The van der Waals surface area contributed by atoms with E-state index in [4.69, 9.17) is 0 Å². The number of allylic oxidation sites excluding steroid dienone is 2. The van der Waals surface area contributed by atoms with Gasteiger partial charge in [-0.25, -0.2) is 18.0 Å². The monoisotopic (exact) mass is 402 g/mol. The minimum absolute atomic E-state index is 0.169. The van der Waals surface area contributed by atoms with Gasteiger partial charge in [-0.1, -0.05) is 12.1 Å². The van der Waals surface area contributed by atoms with E-state index >= 15 is 0 Å². The lowest BCUT2D eigenvalue weighted by Crippen LogP contribution is -2.22. The van der Waals surface area contributed by atoms with Crippen LogP contribution in [0, 0.1) is 5.82 Å². The summed E-state index contributed by atoms with van der Waals surface area (Å²) in [5.74, 6) is -2.05. The van der Waals surface area contributed by atoms with Crippen molar-refractivity contribution >= 4 is 5.97 Å². The second kappa shape index (κ2) is 6.61. The Hall–Kier alpha value is -3.36. The lowest BCUT2D eigenvalue weighted by Gasteiger charge is -2.23. The van der Waals surface area contributed by atoms with Crippen molar-refractivity contribution < 1.29 is 23.1 Å². The summed E-state index contributed by atoms with van der Waals surface area (Å²) in [5.41, 5.74) is -1.82. The molecular weight excluding hydrogens is 385 g/mol. The average molecular weight is 402 g/mol. The SMILES string of the molecule is Cn1cc(-c2ccc(Cn3nc(C(=O)O)c4c3C(F)C=CC4(C)F)c(F)c2)cn1. The van der Waals surface area contributed by atoms with Crippen molar-refractivity contribution in [1.82, 2.24) is 19.6 Å². The highest BCUT2D eigenvalue weighted by atomic mass is 19.1. The van der Waals surface area contributed by atoms with Gasteiger partial charge in [0.1, 0.15) is 5.82 Å². The van der Waals surface area contributed by atoms with E-state index in [9.17, 15) is 23.1 Å². The first-order chi connectivity index (χ1) is 13.7. The molecule has 2 aromatic heterocycles. The molecule has 3 aromatic rings. The van der Waals surface area contributed by atoms with Crippen molar-refractivity contribution in [1.29, 1.82) is 0 Å². The fraction of sp³-hybridized carbons (Fsp3) is 0.250. The number of aryl methyl sites for hydroxylation is 1. The molecule has 0 radical (unpaired) electrons. The number of hydrogen-bond acceptors (Lipinski definition) is 3. The van der Waals surface area contributed by atoms with Crippen LogP contribution < -0.4 is 0 Å². The van der Waals surface area contributed by atoms with Gasteiger partial charge >= 0.3 is 5.97 Å². The molecular formula is C20H17F3N4O2. The third-order valence-corrected chi connectivity index (χ3v) is 4.93. The van der Waals surface area contributed by atoms with Crippen LogP contribution in [0.2, 0.25) is 0 Å². The number of carboxylic acid groups (broad SMARTS) is 1. The molecule has 6 nitrogen and oxygen atoms in total. The second-order valence-corrected chi connectivity index (χ2v) is 7.12. The Morgan fingerprint density at radius 2 is 2.10 bits per heavy atom. The molecule has 0 amide bonds. The first-order valence-corrected chi connectivity index (χ1v) is 8.81. The third-order valence-electron chi connectivity index (χ3n) is 4.93. The zero-order valence-corrected chi connectivity index (χ0v) is 15.6. The Morgan fingerprint density at radius 1 is 1.34 bits per heavy atom. The number of carbonyl (C=O) groups is 1. The van der Waals surface area contributed by atoms with Crippen LogP contribution in [-0.4, -0.2) is 30.6 Å². The Labute approximate surface area is 163 Å². The van der Waals surface area contributed by atoms with Gasteiger partial charge in [0.25, 0.3) is 0 Å². The van der Waals surface area contributed by atoms with E-state index in [2.05, 4.69) is 10.2 Å². The lowest BCUT2D eigenvalue weighted by atomic mass is 9.88.